The maximum atomic E-state index is 12.2. The molecule has 0 radical (unpaired) electrons. The van der Waals surface area contributed by atoms with Gasteiger partial charge in [-0.25, -0.2) is 5.43 Å². The molecule has 2 atom stereocenters. The highest BCUT2D eigenvalue weighted by atomic mass is 16.5. The van der Waals surface area contributed by atoms with Crippen molar-refractivity contribution >= 4 is 5.91 Å². The quantitative estimate of drug-likeness (QED) is 0.608. The Morgan fingerprint density at radius 2 is 1.78 bits per heavy atom. The van der Waals surface area contributed by atoms with Crippen LogP contribution in [0.4, 0.5) is 0 Å². The van der Waals surface area contributed by atoms with E-state index in [-0.39, 0.29) is 17.9 Å². The molecule has 2 N–H and O–H groups in total. The van der Waals surface area contributed by atoms with Gasteiger partial charge in [-0.05, 0) is 35.7 Å². The first-order valence-electron chi connectivity index (χ1n) is 7.53. The minimum absolute atomic E-state index is 0.0777. The van der Waals surface area contributed by atoms with Crippen molar-refractivity contribution in [3.63, 3.8) is 0 Å². The predicted molar refractivity (Wildman–Crippen MR) is 92.1 cm³/mol. The molecule has 0 heterocycles. The molecule has 2 unspecified atom stereocenters. The summed E-state index contributed by atoms with van der Waals surface area (Å²) in [6.07, 6.45) is 1.86. The third-order valence-electron chi connectivity index (χ3n) is 3.75. The van der Waals surface area contributed by atoms with Crippen molar-refractivity contribution < 1.29 is 9.53 Å². The molecule has 23 heavy (non-hydrogen) atoms. The minimum atomic E-state index is -0.166. The van der Waals surface area contributed by atoms with Crippen LogP contribution in [0.25, 0.3) is 0 Å². The summed E-state index contributed by atoms with van der Waals surface area (Å²) in [7, 11) is 1.64. The zero-order valence-electron chi connectivity index (χ0n) is 13.5. The fourth-order valence-electron chi connectivity index (χ4n) is 2.27. The van der Waals surface area contributed by atoms with Crippen LogP contribution in [-0.4, -0.2) is 13.0 Å². The zero-order chi connectivity index (χ0) is 16.7. The summed E-state index contributed by atoms with van der Waals surface area (Å²) in [5.41, 5.74) is 7.54. The number of benzene rings is 2. The van der Waals surface area contributed by atoms with Crippen molar-refractivity contribution in [3.8, 4) is 5.75 Å². The van der Waals surface area contributed by atoms with Crippen LogP contribution >= 0.6 is 0 Å². The smallest absolute Gasteiger partial charge is 0.265 e. The van der Waals surface area contributed by atoms with Gasteiger partial charge in [0.25, 0.3) is 5.91 Å². The Balaban J connectivity index is 2.09. The molecule has 1 amide bonds. The van der Waals surface area contributed by atoms with Crippen LogP contribution in [0.15, 0.2) is 67.3 Å². The van der Waals surface area contributed by atoms with E-state index < -0.39 is 0 Å². The highest BCUT2D eigenvalue weighted by Gasteiger charge is 2.18. The van der Waals surface area contributed by atoms with E-state index in [0.29, 0.717) is 5.56 Å². The van der Waals surface area contributed by atoms with Gasteiger partial charge < -0.3 is 4.74 Å². The molecule has 0 aliphatic heterocycles. The summed E-state index contributed by atoms with van der Waals surface area (Å²) in [6.45, 7) is 5.89. The zero-order valence-corrected chi connectivity index (χ0v) is 13.5. The lowest BCUT2D eigenvalue weighted by Crippen LogP contribution is -2.42. The van der Waals surface area contributed by atoms with Crippen molar-refractivity contribution in [2.75, 3.05) is 7.11 Å². The van der Waals surface area contributed by atoms with Crippen molar-refractivity contribution in [1.82, 2.24) is 10.9 Å². The number of ether oxygens (including phenoxy) is 1. The third-order valence-corrected chi connectivity index (χ3v) is 3.75. The number of amides is 1. The Morgan fingerprint density at radius 3 is 2.35 bits per heavy atom. The molecule has 2 aromatic rings. The van der Waals surface area contributed by atoms with Gasteiger partial charge in [-0.2, -0.15) is 0 Å². The van der Waals surface area contributed by atoms with Gasteiger partial charge in [-0.3, -0.25) is 10.2 Å². The van der Waals surface area contributed by atoms with E-state index in [2.05, 4.69) is 17.4 Å². The lowest BCUT2D eigenvalue weighted by Gasteiger charge is -2.24. The minimum Gasteiger partial charge on any atom is -0.497 e. The second-order valence-electron chi connectivity index (χ2n) is 5.31. The van der Waals surface area contributed by atoms with Gasteiger partial charge in [-0.15, -0.1) is 6.58 Å². The molecular weight excluding hydrogens is 288 g/mol. The Bertz CT molecular complexity index is 638. The van der Waals surface area contributed by atoms with Crippen LogP contribution < -0.4 is 15.6 Å². The van der Waals surface area contributed by atoms with E-state index in [0.717, 1.165) is 11.3 Å². The number of nitrogens with one attached hydrogen (secondary N) is 2. The maximum absolute atomic E-state index is 12.2. The van der Waals surface area contributed by atoms with E-state index in [9.17, 15) is 4.79 Å². The van der Waals surface area contributed by atoms with Crippen LogP contribution in [0, 0.1) is 5.92 Å². The summed E-state index contributed by atoms with van der Waals surface area (Å²) in [4.78, 5) is 12.2. The van der Waals surface area contributed by atoms with Gasteiger partial charge in [0.05, 0.1) is 13.2 Å². The van der Waals surface area contributed by atoms with Crippen LogP contribution in [0.2, 0.25) is 0 Å². The van der Waals surface area contributed by atoms with Crippen LogP contribution in [-0.2, 0) is 0 Å². The van der Waals surface area contributed by atoms with E-state index in [4.69, 9.17) is 4.74 Å². The Kier molecular flexibility index (Phi) is 5.94. The van der Waals surface area contributed by atoms with Crippen molar-refractivity contribution in [3.05, 3.63) is 78.4 Å². The molecule has 0 spiro atoms. The van der Waals surface area contributed by atoms with Gasteiger partial charge in [0, 0.05) is 5.56 Å². The van der Waals surface area contributed by atoms with E-state index in [1.807, 2.05) is 55.5 Å². The van der Waals surface area contributed by atoms with Crippen molar-refractivity contribution in [2.45, 2.75) is 13.0 Å². The van der Waals surface area contributed by atoms with Gasteiger partial charge in [-0.1, -0.05) is 43.3 Å². The second-order valence-corrected chi connectivity index (χ2v) is 5.31. The fourth-order valence-corrected chi connectivity index (χ4v) is 2.27. The summed E-state index contributed by atoms with van der Waals surface area (Å²) in [5, 5.41) is 0. The monoisotopic (exact) mass is 310 g/mol. The lowest BCUT2D eigenvalue weighted by molar-refractivity contribution is 0.0921. The number of hydrazine groups is 1. The Labute approximate surface area is 137 Å². The van der Waals surface area contributed by atoms with Crippen molar-refractivity contribution in [2.24, 2.45) is 5.92 Å². The number of hydrogen-bond donors (Lipinski definition) is 2. The average molecular weight is 310 g/mol. The normalized spacial score (nSPS) is 13.0. The first kappa shape index (κ1) is 16.8. The van der Waals surface area contributed by atoms with Crippen LogP contribution in [0.1, 0.15) is 28.9 Å². The molecule has 120 valence electrons. The summed E-state index contributed by atoms with van der Waals surface area (Å²) in [6, 6.07) is 16.8. The second kappa shape index (κ2) is 8.15. The molecule has 0 aromatic heterocycles. The van der Waals surface area contributed by atoms with Gasteiger partial charge in [0.2, 0.25) is 0 Å². The topological polar surface area (TPSA) is 50.4 Å². The van der Waals surface area contributed by atoms with Crippen molar-refractivity contribution in [1.29, 1.82) is 0 Å². The molecule has 0 fully saturated rings. The number of methoxy groups -OCH3 is 1. The Morgan fingerprint density at radius 1 is 1.13 bits per heavy atom. The van der Waals surface area contributed by atoms with E-state index in [1.165, 1.54) is 0 Å². The van der Waals surface area contributed by atoms with Gasteiger partial charge in [0.15, 0.2) is 0 Å². The molecule has 0 saturated carbocycles. The van der Waals surface area contributed by atoms with E-state index >= 15 is 0 Å². The number of rotatable bonds is 7. The number of carbonyl (C=O) groups excluding carboxylic acids is 1. The van der Waals surface area contributed by atoms with Crippen LogP contribution in [0.5, 0.6) is 5.75 Å². The first-order chi connectivity index (χ1) is 11.2. The lowest BCUT2D eigenvalue weighted by atomic mass is 9.95. The standard InChI is InChI=1S/C19H22N2O2/c1-4-14(2)18(15-10-12-17(23-3)13-11-15)20-21-19(22)16-8-6-5-7-9-16/h4-14,18,20H,1H2,2-3H3,(H,21,22). The summed E-state index contributed by atoms with van der Waals surface area (Å²) >= 11 is 0. The first-order valence-corrected chi connectivity index (χ1v) is 7.53. The Hall–Kier alpha value is -2.59. The number of carbonyl (C=O) groups is 1. The molecule has 0 aliphatic rings. The predicted octanol–water partition coefficient (Wildman–Crippen LogP) is 3.49. The largest absolute Gasteiger partial charge is 0.497 e. The third kappa shape index (κ3) is 4.44. The summed E-state index contributed by atoms with van der Waals surface area (Å²) in [5.74, 6) is 0.770. The highest BCUT2D eigenvalue weighted by Crippen LogP contribution is 2.24. The number of hydrogen-bond acceptors (Lipinski definition) is 3. The fraction of sp³-hybridized carbons (Fsp3) is 0.211. The molecular formula is C19H22N2O2. The van der Waals surface area contributed by atoms with Gasteiger partial charge in [0.1, 0.15) is 5.75 Å². The molecule has 4 nitrogen and oxygen atoms in total. The highest BCUT2D eigenvalue weighted by molar-refractivity contribution is 5.93. The molecule has 4 heteroatoms. The van der Waals surface area contributed by atoms with Gasteiger partial charge >= 0.3 is 0 Å². The maximum Gasteiger partial charge on any atom is 0.265 e. The van der Waals surface area contributed by atoms with Crippen LogP contribution in [0.3, 0.4) is 0 Å². The molecule has 0 saturated heterocycles. The molecule has 2 rings (SSSR count). The SMILES string of the molecule is C=CC(C)C(NNC(=O)c1ccccc1)c1ccc(OC)cc1. The molecule has 2 aromatic carbocycles. The molecule has 0 bridgehead atoms. The van der Waals surface area contributed by atoms with E-state index in [1.54, 1.807) is 19.2 Å². The summed E-state index contributed by atoms with van der Waals surface area (Å²) < 4.78 is 5.18. The average Bonchev–Trinajstić information content (AvgIpc) is 2.62. The molecule has 0 aliphatic carbocycles.